The molecule has 0 aliphatic carbocycles. The van der Waals surface area contributed by atoms with Crippen LogP contribution in [-0.4, -0.2) is 47.8 Å². The molecule has 2 nitrogen and oxygen atoms in total. The Balaban J connectivity index is 3.03. The predicted octanol–water partition coefficient (Wildman–Crippen LogP) is 3.87. The third-order valence-electron chi connectivity index (χ3n) is 4.22. The van der Waals surface area contributed by atoms with Crippen LogP contribution in [0.1, 0.15) is 41.5 Å². The monoisotopic (exact) mass is 257 g/mol. The van der Waals surface area contributed by atoms with Gasteiger partial charge in [-0.15, -0.1) is 0 Å². The summed E-state index contributed by atoms with van der Waals surface area (Å²) in [6.07, 6.45) is 2.67. The van der Waals surface area contributed by atoms with Gasteiger partial charge in [0.15, 0.2) is 7.56 Å². The van der Waals surface area contributed by atoms with E-state index in [4.69, 9.17) is 0 Å². The Morgan fingerprint density at radius 1 is 0.765 bits per heavy atom. The van der Waals surface area contributed by atoms with E-state index in [0.717, 1.165) is 0 Å². The number of nitrogens with zero attached hydrogens (tertiary/aromatic N) is 2. The normalized spacial score (nSPS) is 19.8. The van der Waals surface area contributed by atoms with Gasteiger partial charge in [0.2, 0.25) is 0 Å². The molecule has 17 heavy (non-hydrogen) atoms. The zero-order valence-electron chi connectivity index (χ0n) is 12.6. The van der Waals surface area contributed by atoms with Crippen molar-refractivity contribution >= 4 is 7.56 Å². The van der Waals surface area contributed by atoms with E-state index in [0.29, 0.717) is 0 Å². The molecule has 0 bridgehead atoms. The van der Waals surface area contributed by atoms with E-state index in [9.17, 15) is 0 Å². The molecule has 0 aromatic carbocycles. The minimum atomic E-state index is -1.09. The summed E-state index contributed by atoms with van der Waals surface area (Å²) in [5.41, 5.74) is 3.30. The maximum Gasteiger partial charge on any atom is 0.161 e. The van der Waals surface area contributed by atoms with E-state index in [1.165, 1.54) is 38.5 Å². The molecule has 0 amide bonds. The first-order valence-electron chi connectivity index (χ1n) is 7.08. The molecule has 0 saturated carbocycles. The Hall–Kier alpha value is 0.0900. The Kier molecular flexibility index (Phi) is 5.63. The molecular formula is C14H30N2P+. The van der Waals surface area contributed by atoms with Crippen LogP contribution in [0, 0.1) is 0 Å². The Morgan fingerprint density at radius 2 is 1.06 bits per heavy atom. The molecule has 1 heterocycles. The third-order valence-corrected chi connectivity index (χ3v) is 9.42. The van der Waals surface area contributed by atoms with Crippen LogP contribution in [0.5, 0.6) is 0 Å². The molecule has 0 saturated heterocycles. The molecule has 3 heteroatoms. The van der Waals surface area contributed by atoms with Gasteiger partial charge < -0.3 is 0 Å². The van der Waals surface area contributed by atoms with Crippen LogP contribution in [0.2, 0.25) is 0 Å². The Bertz CT molecular complexity index is 250. The van der Waals surface area contributed by atoms with Crippen LogP contribution in [0.15, 0.2) is 11.1 Å². The average molecular weight is 257 g/mol. The SMILES string of the molecule is CCN(CC)[P+]1(N(CC)CC)CC(C)=C(C)C1. The lowest BCUT2D eigenvalue weighted by atomic mass is 10.2. The van der Waals surface area contributed by atoms with Gasteiger partial charge in [-0.1, -0.05) is 0 Å². The van der Waals surface area contributed by atoms with Crippen LogP contribution < -0.4 is 0 Å². The van der Waals surface area contributed by atoms with Gasteiger partial charge >= 0.3 is 0 Å². The number of allylic oxidation sites excluding steroid dienone is 2. The van der Waals surface area contributed by atoms with E-state index in [-0.39, 0.29) is 0 Å². The van der Waals surface area contributed by atoms with Gasteiger partial charge in [0.25, 0.3) is 0 Å². The van der Waals surface area contributed by atoms with Crippen LogP contribution >= 0.6 is 7.56 Å². The first-order valence-corrected chi connectivity index (χ1v) is 9.15. The highest BCUT2D eigenvalue weighted by Gasteiger charge is 2.52. The summed E-state index contributed by atoms with van der Waals surface area (Å²) < 4.78 is 5.53. The molecular weight excluding hydrogens is 227 g/mol. The van der Waals surface area contributed by atoms with E-state index < -0.39 is 7.56 Å². The summed E-state index contributed by atoms with van der Waals surface area (Å²) in [6.45, 7) is 18.7. The molecule has 0 fully saturated rings. The first-order chi connectivity index (χ1) is 8.05. The van der Waals surface area contributed by atoms with Crippen molar-refractivity contribution in [2.45, 2.75) is 41.5 Å². The van der Waals surface area contributed by atoms with Crippen molar-refractivity contribution in [3.8, 4) is 0 Å². The van der Waals surface area contributed by atoms with Gasteiger partial charge in [0, 0.05) is 26.2 Å². The summed E-state index contributed by atoms with van der Waals surface area (Å²) in [7, 11) is -1.09. The average Bonchev–Trinajstić information content (AvgIpc) is 2.59. The largest absolute Gasteiger partial charge is 0.164 e. The highest BCUT2D eigenvalue weighted by atomic mass is 31.2. The van der Waals surface area contributed by atoms with Crippen molar-refractivity contribution in [1.29, 1.82) is 0 Å². The Labute approximate surface area is 109 Å². The predicted molar refractivity (Wildman–Crippen MR) is 80.9 cm³/mol. The lowest BCUT2D eigenvalue weighted by molar-refractivity contribution is 0.408. The summed E-state index contributed by atoms with van der Waals surface area (Å²) >= 11 is 0. The highest BCUT2D eigenvalue weighted by Crippen LogP contribution is 2.69. The molecule has 0 atom stereocenters. The van der Waals surface area contributed by atoms with E-state index in [1.807, 2.05) is 0 Å². The summed E-state index contributed by atoms with van der Waals surface area (Å²) in [5, 5.41) is 0. The summed E-state index contributed by atoms with van der Waals surface area (Å²) in [4.78, 5) is 0. The van der Waals surface area contributed by atoms with Crippen LogP contribution in [0.4, 0.5) is 0 Å². The molecule has 0 N–H and O–H groups in total. The van der Waals surface area contributed by atoms with Crippen LogP contribution in [0.3, 0.4) is 0 Å². The fourth-order valence-electron chi connectivity index (χ4n) is 3.16. The van der Waals surface area contributed by atoms with Crippen molar-refractivity contribution in [2.75, 3.05) is 38.5 Å². The van der Waals surface area contributed by atoms with Gasteiger partial charge in [0.05, 0.1) is 0 Å². The molecule has 0 spiro atoms. The smallest absolute Gasteiger partial charge is 0.161 e. The summed E-state index contributed by atoms with van der Waals surface area (Å²) in [6, 6.07) is 0. The van der Waals surface area contributed by atoms with Crippen molar-refractivity contribution < 1.29 is 0 Å². The van der Waals surface area contributed by atoms with Crippen LogP contribution in [-0.2, 0) is 0 Å². The second-order valence-corrected chi connectivity index (χ2v) is 8.55. The van der Waals surface area contributed by atoms with Crippen molar-refractivity contribution in [2.24, 2.45) is 0 Å². The second-order valence-electron chi connectivity index (χ2n) is 5.03. The first kappa shape index (κ1) is 15.1. The molecule has 0 aromatic heterocycles. The zero-order chi connectivity index (χ0) is 13.1. The fourth-order valence-corrected chi connectivity index (χ4v) is 8.60. The maximum absolute atomic E-state index is 2.76. The van der Waals surface area contributed by atoms with Gasteiger partial charge in [-0.2, -0.15) is 9.34 Å². The molecule has 1 rings (SSSR count). The second kappa shape index (κ2) is 6.31. The van der Waals surface area contributed by atoms with Gasteiger partial charge in [0.1, 0.15) is 12.3 Å². The molecule has 0 unspecified atom stereocenters. The van der Waals surface area contributed by atoms with Gasteiger partial charge in [-0.05, 0) is 52.7 Å². The quantitative estimate of drug-likeness (QED) is 0.526. The molecule has 100 valence electrons. The van der Waals surface area contributed by atoms with E-state index >= 15 is 0 Å². The number of hydrogen-bond donors (Lipinski definition) is 0. The number of rotatable bonds is 6. The third kappa shape index (κ3) is 2.75. The van der Waals surface area contributed by atoms with E-state index in [2.05, 4.69) is 50.9 Å². The minimum absolute atomic E-state index is 1.09. The van der Waals surface area contributed by atoms with Crippen molar-refractivity contribution in [3.63, 3.8) is 0 Å². The Morgan fingerprint density at radius 3 is 1.29 bits per heavy atom. The lowest BCUT2D eigenvalue weighted by Gasteiger charge is -2.40. The molecule has 0 radical (unpaired) electrons. The van der Waals surface area contributed by atoms with Crippen molar-refractivity contribution in [3.05, 3.63) is 11.1 Å². The molecule has 1 aliphatic rings. The fraction of sp³-hybridized carbons (Fsp3) is 0.857. The topological polar surface area (TPSA) is 6.48 Å². The minimum Gasteiger partial charge on any atom is -0.164 e. The number of hydrogen-bond acceptors (Lipinski definition) is 2. The maximum atomic E-state index is 2.76. The van der Waals surface area contributed by atoms with Crippen LogP contribution in [0.25, 0.3) is 0 Å². The molecule has 1 aliphatic heterocycles. The lowest BCUT2D eigenvalue weighted by Crippen LogP contribution is -2.38. The zero-order valence-corrected chi connectivity index (χ0v) is 13.5. The highest BCUT2D eigenvalue weighted by molar-refractivity contribution is 7.72. The standard InChI is InChI=1S/C14H30N2P/c1-7-15(8-2)17(16(9-3)10-4)11-13(5)14(6)12-17/h7-12H2,1-6H3/q+1. The molecule has 0 aromatic rings. The van der Waals surface area contributed by atoms with Gasteiger partial charge in [-0.3, -0.25) is 0 Å². The van der Waals surface area contributed by atoms with Gasteiger partial charge in [-0.25, -0.2) is 0 Å². The van der Waals surface area contributed by atoms with Crippen molar-refractivity contribution in [1.82, 2.24) is 9.34 Å². The summed E-state index contributed by atoms with van der Waals surface area (Å²) in [5.74, 6) is 0. The van der Waals surface area contributed by atoms with E-state index in [1.54, 1.807) is 11.1 Å².